The first-order valence-electron chi connectivity index (χ1n) is 7.08. The van der Waals surface area contributed by atoms with E-state index in [0.717, 1.165) is 22.8 Å². The fraction of sp³-hybridized carbons (Fsp3) is 0.294. The van der Waals surface area contributed by atoms with Gasteiger partial charge in [-0.05, 0) is 50.1 Å². The summed E-state index contributed by atoms with van der Waals surface area (Å²) in [5.74, 6) is -0.700. The molecule has 0 bridgehead atoms. The summed E-state index contributed by atoms with van der Waals surface area (Å²) in [6.07, 6.45) is 0. The summed E-state index contributed by atoms with van der Waals surface area (Å²) in [6.45, 7) is 5.67. The monoisotopic (exact) mass is 337 g/mol. The van der Waals surface area contributed by atoms with Gasteiger partial charge in [-0.15, -0.1) is 0 Å². The Balaban J connectivity index is 2.54. The van der Waals surface area contributed by atoms with Crippen molar-refractivity contribution in [3.8, 4) is 5.75 Å². The van der Waals surface area contributed by atoms with Gasteiger partial charge < -0.3 is 4.74 Å². The minimum Gasteiger partial charge on any atom is -0.494 e. The van der Waals surface area contributed by atoms with Gasteiger partial charge in [-0.3, -0.25) is 4.31 Å². The Hall–Kier alpha value is -2.08. The number of methoxy groups -OCH3 is 1. The predicted molar refractivity (Wildman–Crippen MR) is 89.2 cm³/mol. The molecule has 0 fully saturated rings. The SMILES string of the molecule is COc1ccc(S(=O)(=O)N(C)c2c(C)cc(C)cc2C)cc1F. The van der Waals surface area contributed by atoms with Crippen LogP contribution in [0.1, 0.15) is 16.7 Å². The highest BCUT2D eigenvalue weighted by Gasteiger charge is 2.25. The standard InChI is InChI=1S/C17H20FNO3S/c1-11-8-12(2)17(13(3)9-11)19(4)23(20,21)14-6-7-16(22-5)15(18)10-14/h6-10H,1-5H3. The predicted octanol–water partition coefficient (Wildman–Crippen LogP) is 3.58. The number of anilines is 1. The molecule has 23 heavy (non-hydrogen) atoms. The zero-order valence-electron chi connectivity index (χ0n) is 13.8. The zero-order valence-corrected chi connectivity index (χ0v) is 14.7. The van der Waals surface area contributed by atoms with Crippen LogP contribution in [0.2, 0.25) is 0 Å². The molecule has 0 saturated carbocycles. The second-order valence-electron chi connectivity index (χ2n) is 5.52. The normalized spacial score (nSPS) is 11.4. The average Bonchev–Trinajstić information content (AvgIpc) is 2.45. The molecule has 0 N–H and O–H groups in total. The summed E-state index contributed by atoms with van der Waals surface area (Å²) in [6, 6.07) is 7.47. The minimum atomic E-state index is -3.86. The summed E-state index contributed by atoms with van der Waals surface area (Å²) in [7, 11) is -1.05. The summed E-state index contributed by atoms with van der Waals surface area (Å²) in [4.78, 5) is -0.113. The zero-order chi connectivity index (χ0) is 17.4. The number of hydrogen-bond acceptors (Lipinski definition) is 3. The van der Waals surface area contributed by atoms with Gasteiger partial charge in [0.1, 0.15) is 0 Å². The fourth-order valence-corrected chi connectivity index (χ4v) is 4.09. The van der Waals surface area contributed by atoms with Gasteiger partial charge in [0.2, 0.25) is 0 Å². The first-order chi connectivity index (χ1) is 10.7. The summed E-state index contributed by atoms with van der Waals surface area (Å²) in [5, 5.41) is 0. The molecule has 0 aliphatic heterocycles. The number of benzene rings is 2. The van der Waals surface area contributed by atoms with E-state index < -0.39 is 15.8 Å². The van der Waals surface area contributed by atoms with Gasteiger partial charge in [0.25, 0.3) is 10.0 Å². The molecular weight excluding hydrogens is 317 g/mol. The Bertz CT molecular complexity index is 824. The molecule has 0 radical (unpaired) electrons. The van der Waals surface area contributed by atoms with Crippen molar-refractivity contribution in [2.75, 3.05) is 18.5 Å². The minimum absolute atomic E-state index is 0.00861. The molecule has 4 nitrogen and oxygen atoms in total. The van der Waals surface area contributed by atoms with E-state index in [-0.39, 0.29) is 10.6 Å². The number of aryl methyl sites for hydroxylation is 3. The van der Waals surface area contributed by atoms with Crippen LogP contribution in [0.5, 0.6) is 5.75 Å². The van der Waals surface area contributed by atoms with Crippen molar-refractivity contribution in [1.29, 1.82) is 0 Å². The van der Waals surface area contributed by atoms with E-state index in [4.69, 9.17) is 4.74 Å². The molecule has 0 aromatic heterocycles. The Morgan fingerprint density at radius 3 is 2.09 bits per heavy atom. The highest BCUT2D eigenvalue weighted by atomic mass is 32.2. The van der Waals surface area contributed by atoms with Gasteiger partial charge in [-0.1, -0.05) is 17.7 Å². The van der Waals surface area contributed by atoms with Crippen LogP contribution < -0.4 is 9.04 Å². The second kappa shape index (κ2) is 6.20. The van der Waals surface area contributed by atoms with Crippen LogP contribution in [-0.4, -0.2) is 22.6 Å². The van der Waals surface area contributed by atoms with Gasteiger partial charge in [0, 0.05) is 7.05 Å². The van der Waals surface area contributed by atoms with Crippen LogP contribution in [0, 0.1) is 26.6 Å². The van der Waals surface area contributed by atoms with Crippen molar-refractivity contribution in [3.05, 3.63) is 52.8 Å². The molecule has 0 saturated heterocycles. The summed E-state index contributed by atoms with van der Waals surface area (Å²) in [5.41, 5.74) is 3.36. The van der Waals surface area contributed by atoms with Crippen molar-refractivity contribution in [2.24, 2.45) is 0 Å². The Labute approximate surface area is 136 Å². The highest BCUT2D eigenvalue weighted by molar-refractivity contribution is 7.92. The Morgan fingerprint density at radius 1 is 1.04 bits per heavy atom. The average molecular weight is 337 g/mol. The molecular formula is C17H20FNO3S. The lowest BCUT2D eigenvalue weighted by atomic mass is 10.1. The largest absolute Gasteiger partial charge is 0.494 e. The lowest BCUT2D eigenvalue weighted by Gasteiger charge is -2.24. The maximum atomic E-state index is 13.9. The second-order valence-corrected chi connectivity index (χ2v) is 7.49. The van der Waals surface area contributed by atoms with E-state index in [1.807, 2.05) is 32.9 Å². The third-order valence-electron chi connectivity index (χ3n) is 3.73. The van der Waals surface area contributed by atoms with Crippen LogP contribution in [0.15, 0.2) is 35.2 Å². The van der Waals surface area contributed by atoms with Crippen molar-refractivity contribution in [2.45, 2.75) is 25.7 Å². The van der Waals surface area contributed by atoms with Gasteiger partial charge in [-0.25, -0.2) is 12.8 Å². The number of sulfonamides is 1. The summed E-state index contributed by atoms with van der Waals surface area (Å²) >= 11 is 0. The number of rotatable bonds is 4. The van der Waals surface area contributed by atoms with Crippen LogP contribution in [-0.2, 0) is 10.0 Å². The molecule has 0 aliphatic carbocycles. The topological polar surface area (TPSA) is 46.6 Å². The molecule has 2 rings (SSSR count). The maximum Gasteiger partial charge on any atom is 0.264 e. The third kappa shape index (κ3) is 3.17. The molecule has 0 atom stereocenters. The van der Waals surface area contributed by atoms with E-state index >= 15 is 0 Å². The summed E-state index contributed by atoms with van der Waals surface area (Å²) < 4.78 is 45.5. The Kier molecular flexibility index (Phi) is 4.66. The highest BCUT2D eigenvalue weighted by Crippen LogP contribution is 2.31. The molecule has 2 aromatic carbocycles. The smallest absolute Gasteiger partial charge is 0.264 e. The van der Waals surface area contributed by atoms with E-state index in [2.05, 4.69) is 0 Å². The first kappa shape index (κ1) is 17.3. The van der Waals surface area contributed by atoms with Gasteiger partial charge in [0.15, 0.2) is 11.6 Å². The first-order valence-corrected chi connectivity index (χ1v) is 8.53. The molecule has 0 unspecified atom stereocenters. The third-order valence-corrected chi connectivity index (χ3v) is 5.49. The molecule has 0 amide bonds. The van der Waals surface area contributed by atoms with E-state index in [9.17, 15) is 12.8 Å². The van der Waals surface area contributed by atoms with Gasteiger partial charge in [0.05, 0.1) is 17.7 Å². The van der Waals surface area contributed by atoms with Crippen LogP contribution in [0.3, 0.4) is 0 Å². The molecule has 2 aromatic rings. The van der Waals surface area contributed by atoms with E-state index in [1.165, 1.54) is 30.6 Å². The molecule has 6 heteroatoms. The van der Waals surface area contributed by atoms with Gasteiger partial charge in [-0.2, -0.15) is 0 Å². The number of halogens is 1. The molecule has 0 aliphatic rings. The van der Waals surface area contributed by atoms with Crippen LogP contribution in [0.4, 0.5) is 10.1 Å². The molecule has 124 valence electrons. The molecule has 0 spiro atoms. The lowest BCUT2D eigenvalue weighted by Crippen LogP contribution is -2.28. The van der Waals surface area contributed by atoms with Crippen LogP contribution in [0.25, 0.3) is 0 Å². The van der Waals surface area contributed by atoms with Gasteiger partial charge >= 0.3 is 0 Å². The van der Waals surface area contributed by atoms with E-state index in [1.54, 1.807) is 0 Å². The van der Waals surface area contributed by atoms with Crippen molar-refractivity contribution in [3.63, 3.8) is 0 Å². The van der Waals surface area contributed by atoms with Crippen molar-refractivity contribution in [1.82, 2.24) is 0 Å². The fourth-order valence-electron chi connectivity index (χ4n) is 2.75. The van der Waals surface area contributed by atoms with E-state index in [0.29, 0.717) is 5.69 Å². The quantitative estimate of drug-likeness (QED) is 0.856. The lowest BCUT2D eigenvalue weighted by molar-refractivity contribution is 0.385. The molecule has 0 heterocycles. The van der Waals surface area contributed by atoms with Crippen molar-refractivity contribution < 1.29 is 17.5 Å². The van der Waals surface area contributed by atoms with Crippen LogP contribution >= 0.6 is 0 Å². The number of ether oxygens (including phenoxy) is 1. The Morgan fingerprint density at radius 2 is 1.61 bits per heavy atom. The van der Waals surface area contributed by atoms with Crippen molar-refractivity contribution >= 4 is 15.7 Å². The maximum absolute atomic E-state index is 13.9. The number of nitrogens with zero attached hydrogens (tertiary/aromatic N) is 1. The number of hydrogen-bond donors (Lipinski definition) is 0.